The number of benzene rings is 2. The first-order valence-electron chi connectivity index (χ1n) is 8.74. The van der Waals surface area contributed by atoms with Gasteiger partial charge in [0, 0.05) is 34.9 Å². The molecule has 10 nitrogen and oxygen atoms in total. The minimum absolute atomic E-state index is 0.0405. The van der Waals surface area contributed by atoms with Crippen LogP contribution in [0.4, 0.5) is 11.4 Å². The van der Waals surface area contributed by atoms with Crippen molar-refractivity contribution < 1.29 is 19.3 Å². The standard InChI is InChI=1S/C19H19N5O5S/c1-11(2)16(25)20-14-8-6-12(7-9-14)18(27)22-23-19(30)21-17(26)13-4-3-5-15(10-13)24(28)29/h3-11H,1-2H3,(H,20,25)(H,22,27)(H2,21,23,26,30). The van der Waals surface area contributed by atoms with Crippen molar-refractivity contribution in [2.24, 2.45) is 5.92 Å². The number of carbonyl (C=O) groups is 3. The summed E-state index contributed by atoms with van der Waals surface area (Å²) >= 11 is 4.94. The third kappa shape index (κ3) is 6.34. The van der Waals surface area contributed by atoms with Gasteiger partial charge in [-0.3, -0.25) is 40.7 Å². The van der Waals surface area contributed by atoms with Crippen LogP contribution in [0.1, 0.15) is 34.6 Å². The maximum atomic E-state index is 12.2. The normalized spacial score (nSPS) is 10.1. The number of hydrogen-bond acceptors (Lipinski definition) is 6. The maximum Gasteiger partial charge on any atom is 0.270 e. The van der Waals surface area contributed by atoms with Gasteiger partial charge in [-0.25, -0.2) is 0 Å². The maximum absolute atomic E-state index is 12.2. The second kappa shape index (κ2) is 10.1. The van der Waals surface area contributed by atoms with Crippen LogP contribution >= 0.6 is 12.2 Å². The largest absolute Gasteiger partial charge is 0.326 e. The lowest BCUT2D eigenvalue weighted by molar-refractivity contribution is -0.384. The molecule has 4 N–H and O–H groups in total. The first-order valence-corrected chi connectivity index (χ1v) is 9.15. The molecule has 11 heteroatoms. The Balaban J connectivity index is 1.87. The van der Waals surface area contributed by atoms with Crippen molar-refractivity contribution >= 4 is 46.4 Å². The molecule has 0 bridgehead atoms. The number of amides is 3. The quantitative estimate of drug-likeness (QED) is 0.324. The number of hydrazine groups is 1. The number of nitro benzene ring substituents is 1. The highest BCUT2D eigenvalue weighted by atomic mass is 32.1. The van der Waals surface area contributed by atoms with Gasteiger partial charge in [-0.05, 0) is 42.5 Å². The van der Waals surface area contributed by atoms with E-state index in [2.05, 4.69) is 21.5 Å². The first-order chi connectivity index (χ1) is 14.2. The van der Waals surface area contributed by atoms with Crippen LogP contribution < -0.4 is 21.5 Å². The van der Waals surface area contributed by atoms with Gasteiger partial charge in [-0.1, -0.05) is 19.9 Å². The molecule has 0 aliphatic heterocycles. The number of nitrogens with one attached hydrogen (secondary N) is 4. The van der Waals surface area contributed by atoms with Gasteiger partial charge in [-0.2, -0.15) is 0 Å². The number of non-ortho nitro benzene ring substituents is 1. The van der Waals surface area contributed by atoms with Gasteiger partial charge in [0.15, 0.2) is 5.11 Å². The Labute approximate surface area is 177 Å². The summed E-state index contributed by atoms with van der Waals surface area (Å²) in [6, 6.07) is 11.3. The zero-order chi connectivity index (χ0) is 22.3. The molecule has 30 heavy (non-hydrogen) atoms. The Morgan fingerprint density at radius 1 is 0.967 bits per heavy atom. The van der Waals surface area contributed by atoms with E-state index in [-0.39, 0.29) is 33.8 Å². The fourth-order valence-corrected chi connectivity index (χ4v) is 2.29. The molecule has 3 amide bonds. The van der Waals surface area contributed by atoms with Crippen molar-refractivity contribution in [2.75, 3.05) is 5.32 Å². The molecule has 0 aliphatic rings. The van der Waals surface area contributed by atoms with Crippen molar-refractivity contribution in [3.05, 3.63) is 69.8 Å². The summed E-state index contributed by atoms with van der Waals surface area (Å²) in [5.41, 5.74) is 5.35. The van der Waals surface area contributed by atoms with Crippen LogP contribution in [-0.2, 0) is 4.79 Å². The van der Waals surface area contributed by atoms with Crippen molar-refractivity contribution in [1.82, 2.24) is 16.2 Å². The van der Waals surface area contributed by atoms with E-state index in [9.17, 15) is 24.5 Å². The second-order valence-electron chi connectivity index (χ2n) is 6.39. The monoisotopic (exact) mass is 429 g/mol. The minimum Gasteiger partial charge on any atom is -0.326 e. The molecule has 0 radical (unpaired) electrons. The van der Waals surface area contributed by atoms with E-state index in [0.717, 1.165) is 6.07 Å². The zero-order valence-electron chi connectivity index (χ0n) is 16.1. The summed E-state index contributed by atoms with van der Waals surface area (Å²) in [5.74, 6) is -1.51. The fourth-order valence-electron chi connectivity index (χ4n) is 2.14. The molecule has 0 spiro atoms. The predicted molar refractivity (Wildman–Crippen MR) is 114 cm³/mol. The highest BCUT2D eigenvalue weighted by Crippen LogP contribution is 2.13. The highest BCUT2D eigenvalue weighted by Gasteiger charge is 2.13. The molecule has 0 aliphatic carbocycles. The topological polar surface area (TPSA) is 142 Å². The van der Waals surface area contributed by atoms with Crippen LogP contribution in [0.3, 0.4) is 0 Å². The lowest BCUT2D eigenvalue weighted by Gasteiger charge is -2.11. The second-order valence-corrected chi connectivity index (χ2v) is 6.80. The number of rotatable bonds is 5. The average molecular weight is 429 g/mol. The van der Waals surface area contributed by atoms with Crippen LogP contribution in [0, 0.1) is 16.0 Å². The number of carbonyl (C=O) groups excluding carboxylic acids is 3. The van der Waals surface area contributed by atoms with E-state index in [0.29, 0.717) is 5.69 Å². The van der Waals surface area contributed by atoms with Gasteiger partial charge in [0.1, 0.15) is 0 Å². The van der Waals surface area contributed by atoms with E-state index >= 15 is 0 Å². The summed E-state index contributed by atoms with van der Waals surface area (Å²) in [6.45, 7) is 3.53. The molecule has 2 aromatic carbocycles. The Morgan fingerprint density at radius 2 is 1.63 bits per heavy atom. The van der Waals surface area contributed by atoms with E-state index in [1.165, 1.54) is 30.3 Å². The minimum atomic E-state index is -0.671. The first kappa shape index (κ1) is 22.4. The number of nitro groups is 1. The summed E-state index contributed by atoms with van der Waals surface area (Å²) in [7, 11) is 0. The third-order valence-electron chi connectivity index (χ3n) is 3.77. The van der Waals surface area contributed by atoms with Gasteiger partial charge in [0.05, 0.1) is 4.92 Å². The van der Waals surface area contributed by atoms with Crippen molar-refractivity contribution in [2.45, 2.75) is 13.8 Å². The molecule has 2 rings (SSSR count). The van der Waals surface area contributed by atoms with Gasteiger partial charge >= 0.3 is 0 Å². The van der Waals surface area contributed by atoms with Crippen molar-refractivity contribution in [3.8, 4) is 0 Å². The van der Waals surface area contributed by atoms with E-state index in [1.807, 2.05) is 0 Å². The molecule has 0 heterocycles. The molecular weight excluding hydrogens is 410 g/mol. The smallest absolute Gasteiger partial charge is 0.270 e. The van der Waals surface area contributed by atoms with Gasteiger partial charge in [0.2, 0.25) is 5.91 Å². The summed E-state index contributed by atoms with van der Waals surface area (Å²) < 4.78 is 0. The Kier molecular flexibility index (Phi) is 7.53. The van der Waals surface area contributed by atoms with Gasteiger partial charge in [0.25, 0.3) is 17.5 Å². The average Bonchev–Trinajstić information content (AvgIpc) is 2.72. The third-order valence-corrected chi connectivity index (χ3v) is 3.98. The summed E-state index contributed by atoms with van der Waals surface area (Å²) in [6.07, 6.45) is 0. The number of thiocarbonyl (C=S) groups is 1. The van der Waals surface area contributed by atoms with Crippen LogP contribution in [0.15, 0.2) is 48.5 Å². The number of hydrogen-bond donors (Lipinski definition) is 4. The molecule has 2 aromatic rings. The summed E-state index contributed by atoms with van der Waals surface area (Å²) in [5, 5.41) is 15.6. The molecule has 0 fully saturated rings. The lowest BCUT2D eigenvalue weighted by Crippen LogP contribution is -2.48. The molecule has 156 valence electrons. The van der Waals surface area contributed by atoms with Crippen molar-refractivity contribution in [3.63, 3.8) is 0 Å². The van der Waals surface area contributed by atoms with E-state index in [1.54, 1.807) is 26.0 Å². The van der Waals surface area contributed by atoms with Crippen LogP contribution in [0.25, 0.3) is 0 Å². The predicted octanol–water partition coefficient (Wildman–Crippen LogP) is 2.14. The molecule has 0 atom stereocenters. The lowest BCUT2D eigenvalue weighted by atomic mass is 10.1. The molecule has 0 unspecified atom stereocenters. The fraction of sp³-hybridized carbons (Fsp3) is 0.158. The number of nitrogens with zero attached hydrogens (tertiary/aromatic N) is 1. The van der Waals surface area contributed by atoms with Gasteiger partial charge < -0.3 is 5.32 Å². The zero-order valence-corrected chi connectivity index (χ0v) is 16.9. The van der Waals surface area contributed by atoms with E-state index < -0.39 is 16.7 Å². The number of anilines is 1. The van der Waals surface area contributed by atoms with E-state index in [4.69, 9.17) is 12.2 Å². The Hall–Kier alpha value is -3.86. The van der Waals surface area contributed by atoms with Crippen molar-refractivity contribution in [1.29, 1.82) is 0 Å². The Morgan fingerprint density at radius 3 is 2.23 bits per heavy atom. The molecule has 0 saturated carbocycles. The van der Waals surface area contributed by atoms with Crippen LogP contribution in [0.2, 0.25) is 0 Å². The van der Waals surface area contributed by atoms with Crippen LogP contribution in [-0.4, -0.2) is 27.8 Å². The SMILES string of the molecule is CC(C)C(=O)Nc1ccc(C(=O)NNC(=S)NC(=O)c2cccc([N+](=O)[O-])c2)cc1. The molecule has 0 saturated heterocycles. The highest BCUT2D eigenvalue weighted by molar-refractivity contribution is 7.80. The molecule has 0 aromatic heterocycles. The van der Waals surface area contributed by atoms with Gasteiger partial charge in [-0.15, -0.1) is 0 Å². The Bertz CT molecular complexity index is 991. The van der Waals surface area contributed by atoms with Crippen LogP contribution in [0.5, 0.6) is 0 Å². The molecular formula is C19H19N5O5S. The summed E-state index contributed by atoms with van der Waals surface area (Å²) in [4.78, 5) is 46.1.